The molecule has 0 atom stereocenters. The van der Waals surface area contributed by atoms with Crippen LogP contribution in [0.15, 0.2) is 30.9 Å². The first-order valence-corrected chi connectivity index (χ1v) is 4.98. The summed E-state index contributed by atoms with van der Waals surface area (Å²) < 4.78 is 7.00. The Hall–Kier alpha value is -2.44. The fourth-order valence-electron chi connectivity index (χ4n) is 1.43. The van der Waals surface area contributed by atoms with E-state index in [0.29, 0.717) is 18.0 Å². The standard InChI is InChI=1S/C10H10N4O3/c1-2-17-10-5-8(14(15)16)3-4-9(10)13-6-11-12-7-13/h3-7H,2H2,1H3. The highest BCUT2D eigenvalue weighted by Gasteiger charge is 2.12. The van der Waals surface area contributed by atoms with Crippen LogP contribution in [0.25, 0.3) is 5.69 Å². The first kappa shape index (κ1) is 11.1. The predicted octanol–water partition coefficient (Wildman–Crippen LogP) is 1.57. The van der Waals surface area contributed by atoms with Gasteiger partial charge in [0.25, 0.3) is 5.69 Å². The van der Waals surface area contributed by atoms with E-state index >= 15 is 0 Å². The highest BCUT2D eigenvalue weighted by atomic mass is 16.6. The van der Waals surface area contributed by atoms with Crippen molar-refractivity contribution in [2.24, 2.45) is 0 Å². The van der Waals surface area contributed by atoms with Crippen molar-refractivity contribution in [3.05, 3.63) is 41.0 Å². The third-order valence-corrected chi connectivity index (χ3v) is 2.15. The van der Waals surface area contributed by atoms with Gasteiger partial charge in [0, 0.05) is 6.07 Å². The zero-order valence-corrected chi connectivity index (χ0v) is 9.11. The number of hydrogen-bond donors (Lipinski definition) is 0. The molecule has 1 heterocycles. The lowest BCUT2D eigenvalue weighted by Crippen LogP contribution is -2.00. The van der Waals surface area contributed by atoms with Gasteiger partial charge in [0.05, 0.1) is 23.3 Å². The predicted molar refractivity (Wildman–Crippen MR) is 59.2 cm³/mol. The number of nitrogens with zero attached hydrogens (tertiary/aromatic N) is 4. The molecule has 7 heteroatoms. The highest BCUT2D eigenvalue weighted by Crippen LogP contribution is 2.27. The summed E-state index contributed by atoms with van der Waals surface area (Å²) in [6, 6.07) is 4.41. The van der Waals surface area contributed by atoms with Gasteiger partial charge in [-0.1, -0.05) is 0 Å². The molecule has 0 aliphatic rings. The second-order valence-electron chi connectivity index (χ2n) is 3.21. The Morgan fingerprint density at radius 2 is 2.12 bits per heavy atom. The van der Waals surface area contributed by atoms with Crippen LogP contribution in [0.2, 0.25) is 0 Å². The van der Waals surface area contributed by atoms with Crippen LogP contribution in [0, 0.1) is 10.1 Å². The zero-order chi connectivity index (χ0) is 12.3. The van der Waals surface area contributed by atoms with Gasteiger partial charge in [0.1, 0.15) is 18.4 Å². The van der Waals surface area contributed by atoms with E-state index in [4.69, 9.17) is 4.74 Å². The largest absolute Gasteiger partial charge is 0.491 e. The van der Waals surface area contributed by atoms with E-state index in [1.165, 1.54) is 24.8 Å². The monoisotopic (exact) mass is 234 g/mol. The molecule has 0 radical (unpaired) electrons. The number of ether oxygens (including phenoxy) is 1. The van der Waals surface area contributed by atoms with Crippen molar-refractivity contribution < 1.29 is 9.66 Å². The molecule has 1 aromatic carbocycles. The van der Waals surface area contributed by atoms with Crippen molar-refractivity contribution in [3.63, 3.8) is 0 Å². The van der Waals surface area contributed by atoms with Gasteiger partial charge in [-0.2, -0.15) is 0 Å². The van der Waals surface area contributed by atoms with Crippen LogP contribution < -0.4 is 4.74 Å². The van der Waals surface area contributed by atoms with Crippen LogP contribution in [-0.2, 0) is 0 Å². The molecule has 0 spiro atoms. The summed E-state index contributed by atoms with van der Waals surface area (Å²) in [5.41, 5.74) is 0.660. The molecule has 0 aliphatic carbocycles. The minimum Gasteiger partial charge on any atom is -0.491 e. The summed E-state index contributed by atoms with van der Waals surface area (Å²) in [5, 5.41) is 18.0. The second-order valence-corrected chi connectivity index (χ2v) is 3.21. The molecule has 7 nitrogen and oxygen atoms in total. The maximum atomic E-state index is 10.7. The average Bonchev–Trinajstić information content (AvgIpc) is 2.82. The van der Waals surface area contributed by atoms with Crippen molar-refractivity contribution >= 4 is 5.69 Å². The minimum atomic E-state index is -0.460. The van der Waals surface area contributed by atoms with E-state index in [9.17, 15) is 10.1 Å². The first-order valence-electron chi connectivity index (χ1n) is 4.98. The van der Waals surface area contributed by atoms with E-state index in [-0.39, 0.29) is 5.69 Å². The van der Waals surface area contributed by atoms with Gasteiger partial charge in [0.2, 0.25) is 0 Å². The smallest absolute Gasteiger partial charge is 0.273 e. The number of hydrogen-bond acceptors (Lipinski definition) is 5. The Morgan fingerprint density at radius 1 is 1.41 bits per heavy atom. The molecule has 0 amide bonds. The first-order chi connectivity index (χ1) is 8.22. The van der Waals surface area contributed by atoms with Crippen LogP contribution in [0.5, 0.6) is 5.75 Å². The summed E-state index contributed by atoms with van der Waals surface area (Å²) in [7, 11) is 0. The molecule has 17 heavy (non-hydrogen) atoms. The Morgan fingerprint density at radius 3 is 2.71 bits per heavy atom. The van der Waals surface area contributed by atoms with Crippen molar-refractivity contribution in [2.75, 3.05) is 6.61 Å². The summed E-state index contributed by atoms with van der Waals surface area (Å²) in [4.78, 5) is 10.2. The van der Waals surface area contributed by atoms with Crippen LogP contribution in [0.3, 0.4) is 0 Å². The molecule has 0 aliphatic heterocycles. The summed E-state index contributed by atoms with van der Waals surface area (Å²) in [5.74, 6) is 0.432. The number of rotatable bonds is 4. The molecule has 2 rings (SSSR count). The lowest BCUT2D eigenvalue weighted by molar-refractivity contribution is -0.384. The van der Waals surface area contributed by atoms with E-state index in [0.717, 1.165) is 0 Å². The second kappa shape index (κ2) is 4.60. The Bertz CT molecular complexity index is 524. The molecule has 88 valence electrons. The highest BCUT2D eigenvalue weighted by molar-refractivity contribution is 5.53. The van der Waals surface area contributed by atoms with Gasteiger partial charge in [-0.05, 0) is 13.0 Å². The van der Waals surface area contributed by atoms with Crippen LogP contribution in [0.4, 0.5) is 5.69 Å². The maximum Gasteiger partial charge on any atom is 0.273 e. The van der Waals surface area contributed by atoms with Crippen LogP contribution in [-0.4, -0.2) is 26.3 Å². The van der Waals surface area contributed by atoms with E-state index < -0.39 is 4.92 Å². The van der Waals surface area contributed by atoms with Gasteiger partial charge in [-0.3, -0.25) is 14.7 Å². The Kier molecular flexibility index (Phi) is 2.99. The fraction of sp³-hybridized carbons (Fsp3) is 0.200. The number of aromatic nitrogens is 3. The van der Waals surface area contributed by atoms with E-state index in [1.807, 2.05) is 6.92 Å². The molecule has 0 bridgehead atoms. The molecule has 0 fully saturated rings. The number of non-ortho nitro benzene ring substituents is 1. The lowest BCUT2D eigenvalue weighted by atomic mass is 10.2. The van der Waals surface area contributed by atoms with Gasteiger partial charge in [0.15, 0.2) is 0 Å². The third kappa shape index (κ3) is 2.22. The Balaban J connectivity index is 2.48. The number of nitro groups is 1. The SMILES string of the molecule is CCOc1cc([N+](=O)[O-])ccc1-n1cnnc1. The lowest BCUT2D eigenvalue weighted by Gasteiger charge is -2.09. The molecular weight excluding hydrogens is 224 g/mol. The third-order valence-electron chi connectivity index (χ3n) is 2.15. The van der Waals surface area contributed by atoms with Crippen LogP contribution in [0.1, 0.15) is 6.92 Å². The number of nitro benzene ring substituents is 1. The maximum absolute atomic E-state index is 10.7. The minimum absolute atomic E-state index is 0.00901. The zero-order valence-electron chi connectivity index (χ0n) is 9.11. The van der Waals surface area contributed by atoms with Gasteiger partial charge in [-0.25, -0.2) is 0 Å². The molecular formula is C10H10N4O3. The normalized spacial score (nSPS) is 10.2. The molecule has 0 saturated carbocycles. The van der Waals surface area contributed by atoms with Gasteiger partial charge in [-0.15, -0.1) is 10.2 Å². The van der Waals surface area contributed by atoms with Crippen LogP contribution >= 0.6 is 0 Å². The van der Waals surface area contributed by atoms with Crippen molar-refractivity contribution in [2.45, 2.75) is 6.92 Å². The fourth-order valence-corrected chi connectivity index (χ4v) is 1.43. The summed E-state index contributed by atoms with van der Waals surface area (Å²) in [6.07, 6.45) is 3.01. The van der Waals surface area contributed by atoms with Crippen molar-refractivity contribution in [3.8, 4) is 11.4 Å². The summed E-state index contributed by atoms with van der Waals surface area (Å²) >= 11 is 0. The average molecular weight is 234 g/mol. The van der Waals surface area contributed by atoms with E-state index in [2.05, 4.69) is 10.2 Å². The molecule has 1 aromatic heterocycles. The number of benzene rings is 1. The Labute approximate surface area is 96.8 Å². The topological polar surface area (TPSA) is 83.1 Å². The van der Waals surface area contributed by atoms with E-state index in [1.54, 1.807) is 10.6 Å². The van der Waals surface area contributed by atoms with Gasteiger partial charge < -0.3 is 4.74 Å². The van der Waals surface area contributed by atoms with Crippen molar-refractivity contribution in [1.29, 1.82) is 0 Å². The van der Waals surface area contributed by atoms with Crippen molar-refractivity contribution in [1.82, 2.24) is 14.8 Å². The molecule has 0 N–H and O–H groups in total. The molecule has 0 saturated heterocycles. The molecule has 2 aromatic rings. The quantitative estimate of drug-likeness (QED) is 0.592. The molecule has 0 unspecified atom stereocenters. The summed E-state index contributed by atoms with van der Waals surface area (Å²) in [6.45, 7) is 2.24. The van der Waals surface area contributed by atoms with Gasteiger partial charge >= 0.3 is 0 Å².